The van der Waals surface area contributed by atoms with E-state index in [0.717, 1.165) is 22.2 Å². The molecular formula is C14H11Cl2N3. The van der Waals surface area contributed by atoms with E-state index in [0.29, 0.717) is 16.6 Å². The fraction of sp³-hybridized carbons (Fsp3) is 0.0714. The van der Waals surface area contributed by atoms with Gasteiger partial charge in [-0.25, -0.2) is 0 Å². The summed E-state index contributed by atoms with van der Waals surface area (Å²) in [6, 6.07) is 11.5. The highest BCUT2D eigenvalue weighted by atomic mass is 35.5. The summed E-state index contributed by atoms with van der Waals surface area (Å²) >= 11 is 12.1. The highest BCUT2D eigenvalue weighted by Gasteiger charge is 2.02. The van der Waals surface area contributed by atoms with Crippen molar-refractivity contribution in [2.24, 2.45) is 0 Å². The highest BCUT2D eigenvalue weighted by molar-refractivity contribution is 6.33. The number of rotatable bonds is 3. The largest absolute Gasteiger partial charge is 0.381 e. The van der Waals surface area contributed by atoms with Gasteiger partial charge >= 0.3 is 0 Å². The Kier molecular flexibility index (Phi) is 3.32. The van der Waals surface area contributed by atoms with E-state index in [1.165, 1.54) is 0 Å². The fourth-order valence-corrected chi connectivity index (χ4v) is 2.30. The lowest BCUT2D eigenvalue weighted by atomic mass is 10.2. The minimum Gasteiger partial charge on any atom is -0.381 e. The van der Waals surface area contributed by atoms with Crippen molar-refractivity contribution in [1.82, 2.24) is 10.2 Å². The SMILES string of the molecule is Clc1ccc(Cl)c(CNc2ccc3cn[nH]c3c2)c1. The first kappa shape index (κ1) is 12.3. The lowest BCUT2D eigenvalue weighted by Gasteiger charge is -2.08. The quantitative estimate of drug-likeness (QED) is 0.747. The van der Waals surface area contributed by atoms with Crippen LogP contribution in [0.25, 0.3) is 10.9 Å². The molecule has 3 aromatic rings. The van der Waals surface area contributed by atoms with Crippen molar-refractivity contribution in [1.29, 1.82) is 0 Å². The van der Waals surface area contributed by atoms with Crippen molar-refractivity contribution in [2.75, 3.05) is 5.32 Å². The van der Waals surface area contributed by atoms with E-state index in [9.17, 15) is 0 Å². The first-order chi connectivity index (χ1) is 9.22. The molecule has 0 radical (unpaired) electrons. The standard InChI is InChI=1S/C14H11Cl2N3/c15-11-2-4-13(16)10(5-11)7-17-12-3-1-9-8-18-19-14(9)6-12/h1-6,8,17H,7H2,(H,18,19). The number of hydrogen-bond acceptors (Lipinski definition) is 2. The molecule has 0 bridgehead atoms. The van der Waals surface area contributed by atoms with Gasteiger partial charge in [-0.05, 0) is 42.0 Å². The smallest absolute Gasteiger partial charge is 0.0670 e. The number of aromatic amines is 1. The molecule has 2 aromatic carbocycles. The van der Waals surface area contributed by atoms with Crippen LogP contribution in [0.4, 0.5) is 5.69 Å². The van der Waals surface area contributed by atoms with Gasteiger partial charge in [-0.2, -0.15) is 5.10 Å². The molecule has 0 aliphatic heterocycles. The highest BCUT2D eigenvalue weighted by Crippen LogP contribution is 2.22. The summed E-state index contributed by atoms with van der Waals surface area (Å²) in [6.45, 7) is 0.624. The maximum atomic E-state index is 6.13. The summed E-state index contributed by atoms with van der Waals surface area (Å²) in [7, 11) is 0. The van der Waals surface area contributed by atoms with E-state index in [1.54, 1.807) is 18.3 Å². The third-order valence-corrected chi connectivity index (χ3v) is 3.54. The van der Waals surface area contributed by atoms with Gasteiger partial charge in [0.2, 0.25) is 0 Å². The Balaban J connectivity index is 1.79. The minimum absolute atomic E-state index is 0.624. The molecule has 5 heteroatoms. The average Bonchev–Trinajstić information content (AvgIpc) is 2.87. The van der Waals surface area contributed by atoms with Crippen LogP contribution < -0.4 is 5.32 Å². The predicted molar refractivity (Wildman–Crippen MR) is 79.9 cm³/mol. The summed E-state index contributed by atoms with van der Waals surface area (Å²) in [4.78, 5) is 0. The van der Waals surface area contributed by atoms with Gasteiger partial charge in [0.1, 0.15) is 0 Å². The number of fused-ring (bicyclic) bond motifs is 1. The van der Waals surface area contributed by atoms with Crippen LogP contribution >= 0.6 is 23.2 Å². The number of nitrogens with zero attached hydrogens (tertiary/aromatic N) is 1. The van der Waals surface area contributed by atoms with Crippen LogP contribution in [0, 0.1) is 0 Å². The average molecular weight is 292 g/mol. The molecule has 1 aromatic heterocycles. The number of anilines is 1. The zero-order valence-corrected chi connectivity index (χ0v) is 11.5. The van der Waals surface area contributed by atoms with Gasteiger partial charge in [0.15, 0.2) is 0 Å². The van der Waals surface area contributed by atoms with Gasteiger partial charge in [-0.15, -0.1) is 0 Å². The Morgan fingerprint density at radius 3 is 2.89 bits per heavy atom. The second kappa shape index (κ2) is 5.11. The summed E-state index contributed by atoms with van der Waals surface area (Å²) in [5.74, 6) is 0. The summed E-state index contributed by atoms with van der Waals surface area (Å²) in [5, 5.41) is 12.7. The molecule has 0 saturated heterocycles. The van der Waals surface area contributed by atoms with Crippen LogP contribution in [-0.2, 0) is 6.54 Å². The van der Waals surface area contributed by atoms with Crippen LogP contribution in [0.1, 0.15) is 5.56 Å². The Morgan fingerprint density at radius 1 is 1.11 bits per heavy atom. The molecule has 96 valence electrons. The van der Waals surface area contributed by atoms with Gasteiger partial charge in [0.25, 0.3) is 0 Å². The summed E-state index contributed by atoms with van der Waals surface area (Å²) in [6.07, 6.45) is 1.80. The van der Waals surface area contributed by atoms with Gasteiger partial charge in [0, 0.05) is 27.7 Å². The predicted octanol–water partition coefficient (Wildman–Crippen LogP) is 4.48. The molecule has 0 saturated carbocycles. The second-order valence-corrected chi connectivity index (χ2v) is 5.10. The number of hydrogen-bond donors (Lipinski definition) is 2. The number of aromatic nitrogens is 2. The maximum Gasteiger partial charge on any atom is 0.0670 e. The van der Waals surface area contributed by atoms with E-state index < -0.39 is 0 Å². The number of halogens is 2. The Labute approximate surface area is 120 Å². The Morgan fingerprint density at radius 2 is 2.00 bits per heavy atom. The van der Waals surface area contributed by atoms with Crippen molar-refractivity contribution < 1.29 is 0 Å². The zero-order valence-electron chi connectivity index (χ0n) is 9.95. The van der Waals surface area contributed by atoms with Crippen LogP contribution in [-0.4, -0.2) is 10.2 Å². The third kappa shape index (κ3) is 2.67. The third-order valence-electron chi connectivity index (χ3n) is 2.93. The maximum absolute atomic E-state index is 6.13. The topological polar surface area (TPSA) is 40.7 Å². The molecule has 0 atom stereocenters. The van der Waals surface area contributed by atoms with Crippen molar-refractivity contribution in [2.45, 2.75) is 6.54 Å². The van der Waals surface area contributed by atoms with Crippen LogP contribution in [0.15, 0.2) is 42.6 Å². The number of H-pyrrole nitrogens is 1. The van der Waals surface area contributed by atoms with Gasteiger partial charge in [-0.1, -0.05) is 23.2 Å². The Hall–Kier alpha value is -1.71. The first-order valence-corrected chi connectivity index (χ1v) is 6.59. The van der Waals surface area contributed by atoms with Crippen molar-refractivity contribution in [3.05, 3.63) is 58.2 Å². The fourth-order valence-electron chi connectivity index (χ4n) is 1.92. The van der Waals surface area contributed by atoms with Gasteiger partial charge in [0.05, 0.1) is 11.7 Å². The molecular weight excluding hydrogens is 281 g/mol. The van der Waals surface area contributed by atoms with Crippen LogP contribution in [0.2, 0.25) is 10.0 Å². The second-order valence-electron chi connectivity index (χ2n) is 4.26. The van der Waals surface area contributed by atoms with E-state index in [4.69, 9.17) is 23.2 Å². The number of benzene rings is 2. The molecule has 0 aliphatic rings. The first-order valence-electron chi connectivity index (χ1n) is 5.83. The lowest BCUT2D eigenvalue weighted by Crippen LogP contribution is -1.99. The summed E-state index contributed by atoms with van der Waals surface area (Å²) < 4.78 is 0. The summed E-state index contributed by atoms with van der Waals surface area (Å²) in [5.41, 5.74) is 2.98. The van der Waals surface area contributed by atoms with Crippen molar-refractivity contribution >= 4 is 39.8 Å². The molecule has 0 aliphatic carbocycles. The zero-order chi connectivity index (χ0) is 13.2. The molecule has 19 heavy (non-hydrogen) atoms. The molecule has 1 heterocycles. The van der Waals surface area contributed by atoms with E-state index in [1.807, 2.05) is 24.3 Å². The molecule has 3 rings (SSSR count). The number of nitrogens with one attached hydrogen (secondary N) is 2. The van der Waals surface area contributed by atoms with E-state index in [-0.39, 0.29) is 0 Å². The molecule has 0 fully saturated rings. The lowest BCUT2D eigenvalue weighted by molar-refractivity contribution is 1.12. The molecule has 0 unspecified atom stereocenters. The Bertz CT molecular complexity index is 722. The monoisotopic (exact) mass is 291 g/mol. The van der Waals surface area contributed by atoms with Gasteiger partial charge < -0.3 is 5.32 Å². The van der Waals surface area contributed by atoms with E-state index in [2.05, 4.69) is 15.5 Å². The van der Waals surface area contributed by atoms with Crippen LogP contribution in [0.3, 0.4) is 0 Å². The molecule has 2 N–H and O–H groups in total. The molecule has 3 nitrogen and oxygen atoms in total. The van der Waals surface area contributed by atoms with Crippen molar-refractivity contribution in [3.63, 3.8) is 0 Å². The van der Waals surface area contributed by atoms with Gasteiger partial charge in [-0.3, -0.25) is 5.10 Å². The van der Waals surface area contributed by atoms with Crippen LogP contribution in [0.5, 0.6) is 0 Å². The molecule has 0 spiro atoms. The van der Waals surface area contributed by atoms with E-state index >= 15 is 0 Å². The normalized spacial score (nSPS) is 10.8. The molecule has 0 amide bonds. The van der Waals surface area contributed by atoms with Crippen molar-refractivity contribution in [3.8, 4) is 0 Å². The minimum atomic E-state index is 0.624.